The van der Waals surface area contributed by atoms with E-state index >= 15 is 0 Å². The summed E-state index contributed by atoms with van der Waals surface area (Å²) in [5.41, 5.74) is 8.32. The topological polar surface area (TPSA) is 67.2 Å². The number of hydrogen-bond donors (Lipinski definition) is 3. The summed E-state index contributed by atoms with van der Waals surface area (Å²) < 4.78 is 0. The fourth-order valence-electron chi connectivity index (χ4n) is 0.741. The van der Waals surface area contributed by atoms with Gasteiger partial charge in [0, 0.05) is 4.90 Å². The summed E-state index contributed by atoms with van der Waals surface area (Å²) in [7, 11) is 0. The van der Waals surface area contributed by atoms with Crippen LogP contribution in [0.25, 0.3) is 0 Å². The predicted molar refractivity (Wildman–Crippen MR) is 52.9 cm³/mol. The van der Waals surface area contributed by atoms with Crippen LogP contribution in [0, 0.1) is 6.92 Å². The SMILES string of the molecule is Cc1ccc(SNNC(N)=O)cc1. The molecular weight excluding hydrogens is 186 g/mol. The molecule has 0 radical (unpaired) electrons. The monoisotopic (exact) mass is 197 g/mol. The van der Waals surface area contributed by atoms with Crippen LogP contribution in [0.3, 0.4) is 0 Å². The van der Waals surface area contributed by atoms with Crippen molar-refractivity contribution in [1.29, 1.82) is 0 Å². The quantitative estimate of drug-likeness (QED) is 0.503. The fraction of sp³-hybridized carbons (Fsp3) is 0.125. The van der Waals surface area contributed by atoms with Crippen LogP contribution in [0.15, 0.2) is 29.2 Å². The lowest BCUT2D eigenvalue weighted by Crippen LogP contribution is -2.36. The predicted octanol–water partition coefficient (Wildman–Crippen LogP) is 1.18. The van der Waals surface area contributed by atoms with Gasteiger partial charge in [0.15, 0.2) is 0 Å². The van der Waals surface area contributed by atoms with E-state index in [2.05, 4.69) is 10.3 Å². The highest BCUT2D eigenvalue weighted by atomic mass is 32.2. The first kappa shape index (κ1) is 9.88. The molecule has 0 aliphatic rings. The summed E-state index contributed by atoms with van der Waals surface area (Å²) in [6.45, 7) is 2.02. The van der Waals surface area contributed by atoms with Gasteiger partial charge < -0.3 is 5.73 Å². The highest BCUT2D eigenvalue weighted by Gasteiger charge is 1.93. The Balaban J connectivity index is 2.37. The second kappa shape index (κ2) is 4.74. The highest BCUT2D eigenvalue weighted by Crippen LogP contribution is 2.13. The number of nitrogens with two attached hydrogens (primary N) is 1. The minimum absolute atomic E-state index is 0.598. The molecule has 0 bridgehead atoms. The second-order valence-corrected chi connectivity index (χ2v) is 3.39. The molecule has 1 rings (SSSR count). The third kappa shape index (κ3) is 3.82. The van der Waals surface area contributed by atoms with E-state index in [1.54, 1.807) is 0 Å². The number of benzene rings is 1. The number of urea groups is 1. The maximum absolute atomic E-state index is 10.3. The largest absolute Gasteiger partial charge is 0.351 e. The molecule has 4 N–H and O–H groups in total. The van der Waals surface area contributed by atoms with E-state index in [9.17, 15) is 4.79 Å². The van der Waals surface area contributed by atoms with E-state index in [0.717, 1.165) is 4.90 Å². The first-order chi connectivity index (χ1) is 6.18. The molecule has 0 heterocycles. The molecule has 0 unspecified atom stereocenters. The highest BCUT2D eigenvalue weighted by molar-refractivity contribution is 7.97. The van der Waals surface area contributed by atoms with Crippen molar-refractivity contribution < 1.29 is 4.79 Å². The Morgan fingerprint density at radius 1 is 1.38 bits per heavy atom. The van der Waals surface area contributed by atoms with Gasteiger partial charge in [-0.2, -0.15) is 4.83 Å². The minimum Gasteiger partial charge on any atom is -0.351 e. The van der Waals surface area contributed by atoms with Crippen molar-refractivity contribution in [2.75, 3.05) is 0 Å². The number of aryl methyl sites for hydroxylation is 1. The van der Waals surface area contributed by atoms with Crippen molar-refractivity contribution in [3.8, 4) is 0 Å². The first-order valence-corrected chi connectivity index (χ1v) is 4.54. The van der Waals surface area contributed by atoms with Crippen molar-refractivity contribution >= 4 is 18.0 Å². The lowest BCUT2D eigenvalue weighted by atomic mass is 10.2. The third-order valence-electron chi connectivity index (χ3n) is 1.36. The minimum atomic E-state index is -0.598. The summed E-state index contributed by atoms with van der Waals surface area (Å²) in [6, 6.07) is 7.30. The zero-order chi connectivity index (χ0) is 9.68. The summed E-state index contributed by atoms with van der Waals surface area (Å²) >= 11 is 1.30. The van der Waals surface area contributed by atoms with Crippen molar-refractivity contribution in [1.82, 2.24) is 10.3 Å². The second-order valence-electron chi connectivity index (χ2n) is 2.51. The normalized spacial score (nSPS) is 9.62. The molecule has 2 amide bonds. The summed E-state index contributed by atoms with van der Waals surface area (Å²) in [6.07, 6.45) is 0. The van der Waals surface area contributed by atoms with Gasteiger partial charge >= 0.3 is 6.03 Å². The summed E-state index contributed by atoms with van der Waals surface area (Å²) in [4.78, 5) is 13.9. The smallest absolute Gasteiger partial charge is 0.327 e. The molecule has 1 aromatic carbocycles. The van der Waals surface area contributed by atoms with Crippen molar-refractivity contribution in [2.24, 2.45) is 5.73 Å². The van der Waals surface area contributed by atoms with E-state index in [-0.39, 0.29) is 0 Å². The zero-order valence-corrected chi connectivity index (χ0v) is 8.02. The first-order valence-electron chi connectivity index (χ1n) is 3.72. The van der Waals surface area contributed by atoms with Crippen LogP contribution < -0.4 is 16.0 Å². The molecule has 0 spiro atoms. The van der Waals surface area contributed by atoms with Gasteiger partial charge in [0.2, 0.25) is 0 Å². The fourth-order valence-corrected chi connectivity index (χ4v) is 1.28. The van der Waals surface area contributed by atoms with Gasteiger partial charge in [0.05, 0.1) is 0 Å². The maximum atomic E-state index is 10.3. The Kier molecular flexibility index (Phi) is 3.60. The van der Waals surface area contributed by atoms with Crippen LogP contribution in [0.5, 0.6) is 0 Å². The average molecular weight is 197 g/mol. The number of carbonyl (C=O) groups is 1. The number of primary amides is 1. The molecule has 0 atom stereocenters. The number of hydrazine groups is 1. The number of carbonyl (C=O) groups excluding carboxylic acids is 1. The molecule has 70 valence electrons. The Morgan fingerprint density at radius 2 is 2.00 bits per heavy atom. The Bertz CT molecular complexity index is 286. The maximum Gasteiger partial charge on any atom is 0.327 e. The van der Waals surface area contributed by atoms with E-state index in [4.69, 9.17) is 5.73 Å². The molecule has 0 saturated heterocycles. The van der Waals surface area contributed by atoms with Gasteiger partial charge in [-0.3, -0.25) is 5.43 Å². The van der Waals surface area contributed by atoms with Crippen LogP contribution in [-0.2, 0) is 0 Å². The van der Waals surface area contributed by atoms with Crippen LogP contribution in [0.2, 0.25) is 0 Å². The Hall–Kier alpha value is -1.20. The zero-order valence-electron chi connectivity index (χ0n) is 7.20. The van der Waals surface area contributed by atoms with Crippen molar-refractivity contribution in [3.63, 3.8) is 0 Å². The van der Waals surface area contributed by atoms with Gasteiger partial charge in [-0.05, 0) is 31.0 Å². The van der Waals surface area contributed by atoms with Gasteiger partial charge in [-0.25, -0.2) is 4.79 Å². The molecule has 0 aliphatic heterocycles. The molecule has 5 heteroatoms. The Labute approximate surface area is 81.0 Å². The molecule has 0 saturated carbocycles. The van der Waals surface area contributed by atoms with Gasteiger partial charge in [-0.1, -0.05) is 17.7 Å². The molecule has 0 aromatic heterocycles. The number of rotatable bonds is 3. The van der Waals surface area contributed by atoms with Crippen molar-refractivity contribution in [3.05, 3.63) is 29.8 Å². The van der Waals surface area contributed by atoms with Gasteiger partial charge in [0.1, 0.15) is 0 Å². The van der Waals surface area contributed by atoms with Crippen LogP contribution in [0.4, 0.5) is 4.79 Å². The number of hydrogen-bond acceptors (Lipinski definition) is 3. The van der Waals surface area contributed by atoms with E-state index in [1.807, 2.05) is 31.2 Å². The molecular formula is C8H11N3OS. The van der Waals surface area contributed by atoms with Crippen LogP contribution in [0.1, 0.15) is 5.56 Å². The summed E-state index contributed by atoms with van der Waals surface area (Å²) in [5, 5.41) is 0. The lowest BCUT2D eigenvalue weighted by molar-refractivity contribution is 0.248. The van der Waals surface area contributed by atoms with Crippen LogP contribution >= 0.6 is 11.9 Å². The summed E-state index contributed by atoms with van der Waals surface area (Å²) in [5.74, 6) is 0. The lowest BCUT2D eigenvalue weighted by Gasteiger charge is -2.03. The van der Waals surface area contributed by atoms with E-state index < -0.39 is 6.03 Å². The number of amides is 2. The molecule has 13 heavy (non-hydrogen) atoms. The average Bonchev–Trinajstić information content (AvgIpc) is 2.08. The Morgan fingerprint density at radius 3 is 2.54 bits per heavy atom. The third-order valence-corrected chi connectivity index (χ3v) is 2.08. The van der Waals surface area contributed by atoms with Gasteiger partial charge in [-0.15, -0.1) is 0 Å². The van der Waals surface area contributed by atoms with Crippen molar-refractivity contribution in [2.45, 2.75) is 11.8 Å². The molecule has 1 aromatic rings. The number of nitrogens with one attached hydrogen (secondary N) is 2. The van der Waals surface area contributed by atoms with E-state index in [1.165, 1.54) is 17.5 Å². The van der Waals surface area contributed by atoms with E-state index in [0.29, 0.717) is 0 Å². The molecule has 0 aliphatic carbocycles. The standard InChI is InChI=1S/C8H11N3OS/c1-6-2-4-7(5-3-6)13-11-10-8(9)12/h2-5,11H,1H3,(H3,9,10,12). The molecule has 0 fully saturated rings. The molecule has 4 nitrogen and oxygen atoms in total. The van der Waals surface area contributed by atoms with Gasteiger partial charge in [0.25, 0.3) is 0 Å². The van der Waals surface area contributed by atoms with Crippen LogP contribution in [-0.4, -0.2) is 6.03 Å².